The number of hydrogen-bond donors (Lipinski definition) is 3. The number of carbonyl (C=O) groups is 2. The van der Waals surface area contributed by atoms with E-state index in [-0.39, 0.29) is 11.3 Å². The Hall–Kier alpha value is -3.35. The molecule has 3 rings (SSSR count). The molecule has 2 aromatic carbocycles. The van der Waals surface area contributed by atoms with Crippen LogP contribution in [-0.4, -0.2) is 26.7 Å². The molecule has 3 N–H and O–H groups in total. The minimum atomic E-state index is -1.16. The summed E-state index contributed by atoms with van der Waals surface area (Å²) in [5.74, 6) is -1.16. The summed E-state index contributed by atoms with van der Waals surface area (Å²) >= 11 is 0. The molecule has 0 bridgehead atoms. The Balaban J connectivity index is 2.03. The van der Waals surface area contributed by atoms with E-state index in [9.17, 15) is 14.4 Å². The number of fused-ring (bicyclic) bond motifs is 1. The number of rotatable bonds is 2. The lowest BCUT2D eigenvalue weighted by atomic mass is 10.2. The Morgan fingerprint density at radius 2 is 1.73 bits per heavy atom. The second-order valence-electron chi connectivity index (χ2n) is 4.56. The molecular formula is C15H11N3O4. The predicted octanol–water partition coefficient (Wildman–Crippen LogP) is 2.11. The van der Waals surface area contributed by atoms with E-state index in [0.717, 1.165) is 4.57 Å². The Bertz CT molecular complexity index is 939. The summed E-state index contributed by atoms with van der Waals surface area (Å²) in [6, 6.07) is 12.0. The van der Waals surface area contributed by atoms with Crippen LogP contribution in [0, 0.1) is 0 Å². The SMILES string of the molecule is O=C(O)c1ccccc1NC(=O)n1c(=O)[nH]c2ccccc21. The summed E-state index contributed by atoms with van der Waals surface area (Å²) in [5, 5.41) is 11.6. The van der Waals surface area contributed by atoms with Crippen LogP contribution in [0.3, 0.4) is 0 Å². The van der Waals surface area contributed by atoms with Gasteiger partial charge in [0.05, 0.1) is 22.3 Å². The van der Waals surface area contributed by atoms with Gasteiger partial charge < -0.3 is 15.4 Å². The van der Waals surface area contributed by atoms with E-state index >= 15 is 0 Å². The second kappa shape index (κ2) is 5.21. The highest BCUT2D eigenvalue weighted by atomic mass is 16.4. The first-order chi connectivity index (χ1) is 10.6. The van der Waals surface area contributed by atoms with Crippen molar-refractivity contribution in [1.29, 1.82) is 0 Å². The van der Waals surface area contributed by atoms with Crippen molar-refractivity contribution in [2.75, 3.05) is 5.32 Å². The fourth-order valence-corrected chi connectivity index (χ4v) is 2.21. The fourth-order valence-electron chi connectivity index (χ4n) is 2.21. The van der Waals surface area contributed by atoms with Gasteiger partial charge in [-0.1, -0.05) is 24.3 Å². The number of benzene rings is 2. The average Bonchev–Trinajstić information content (AvgIpc) is 2.83. The standard InChI is InChI=1S/C15H11N3O4/c19-13(20)9-5-1-2-6-10(9)16-14(21)18-12-8-4-3-7-11(12)17-15(18)22/h1-8H,(H,16,21)(H,17,22)(H,19,20). The zero-order valence-electron chi connectivity index (χ0n) is 11.2. The van der Waals surface area contributed by atoms with Crippen LogP contribution in [0.2, 0.25) is 0 Å². The van der Waals surface area contributed by atoms with E-state index in [0.29, 0.717) is 11.0 Å². The van der Waals surface area contributed by atoms with Crippen LogP contribution in [-0.2, 0) is 0 Å². The molecule has 7 heteroatoms. The molecule has 7 nitrogen and oxygen atoms in total. The number of carboxylic acid groups (broad SMARTS) is 1. The van der Waals surface area contributed by atoms with Gasteiger partial charge in [-0.05, 0) is 24.3 Å². The first-order valence-electron chi connectivity index (χ1n) is 6.41. The number of carboxylic acids is 1. The summed E-state index contributed by atoms with van der Waals surface area (Å²) in [7, 11) is 0. The molecule has 1 aromatic heterocycles. The Morgan fingerprint density at radius 3 is 2.50 bits per heavy atom. The van der Waals surface area contributed by atoms with E-state index in [4.69, 9.17) is 5.11 Å². The van der Waals surface area contributed by atoms with Crippen molar-refractivity contribution in [3.8, 4) is 0 Å². The monoisotopic (exact) mass is 297 g/mol. The smallest absolute Gasteiger partial charge is 0.337 e. The molecule has 0 saturated carbocycles. The van der Waals surface area contributed by atoms with Gasteiger partial charge in [0.15, 0.2) is 0 Å². The number of anilines is 1. The van der Waals surface area contributed by atoms with Crippen molar-refractivity contribution in [2.24, 2.45) is 0 Å². The number of para-hydroxylation sites is 3. The zero-order valence-corrected chi connectivity index (χ0v) is 11.2. The number of H-pyrrole nitrogens is 1. The normalized spacial score (nSPS) is 10.5. The van der Waals surface area contributed by atoms with Crippen molar-refractivity contribution in [3.63, 3.8) is 0 Å². The highest BCUT2D eigenvalue weighted by molar-refractivity contribution is 6.02. The van der Waals surface area contributed by atoms with Crippen LogP contribution >= 0.6 is 0 Å². The molecule has 22 heavy (non-hydrogen) atoms. The molecule has 0 radical (unpaired) electrons. The maximum Gasteiger partial charge on any atom is 0.337 e. The largest absolute Gasteiger partial charge is 0.478 e. The molecule has 0 aliphatic heterocycles. The van der Waals surface area contributed by atoms with Gasteiger partial charge in [0, 0.05) is 0 Å². The number of aromatic amines is 1. The molecule has 1 heterocycles. The van der Waals surface area contributed by atoms with Gasteiger partial charge >= 0.3 is 17.7 Å². The molecule has 0 spiro atoms. The van der Waals surface area contributed by atoms with E-state index in [1.54, 1.807) is 36.4 Å². The van der Waals surface area contributed by atoms with Gasteiger partial charge in [-0.3, -0.25) is 0 Å². The summed E-state index contributed by atoms with van der Waals surface area (Å²) in [4.78, 5) is 37.9. The molecule has 0 saturated heterocycles. The topological polar surface area (TPSA) is 104 Å². The van der Waals surface area contributed by atoms with Gasteiger partial charge in [-0.15, -0.1) is 0 Å². The summed E-state index contributed by atoms with van der Waals surface area (Å²) in [6.45, 7) is 0. The third kappa shape index (κ3) is 2.24. The van der Waals surface area contributed by atoms with Gasteiger partial charge in [0.1, 0.15) is 0 Å². The third-order valence-corrected chi connectivity index (χ3v) is 3.19. The summed E-state index contributed by atoms with van der Waals surface area (Å²) in [6.07, 6.45) is 0. The fraction of sp³-hybridized carbons (Fsp3) is 0. The van der Waals surface area contributed by atoms with Crippen molar-refractivity contribution in [2.45, 2.75) is 0 Å². The zero-order chi connectivity index (χ0) is 15.7. The highest BCUT2D eigenvalue weighted by Crippen LogP contribution is 2.16. The van der Waals surface area contributed by atoms with Gasteiger partial charge in [0.2, 0.25) is 0 Å². The lowest BCUT2D eigenvalue weighted by Gasteiger charge is -2.08. The molecule has 110 valence electrons. The predicted molar refractivity (Wildman–Crippen MR) is 80.4 cm³/mol. The third-order valence-electron chi connectivity index (χ3n) is 3.19. The van der Waals surface area contributed by atoms with Gasteiger partial charge in [0.25, 0.3) is 0 Å². The summed E-state index contributed by atoms with van der Waals surface area (Å²) < 4.78 is 0.925. The number of carbonyl (C=O) groups excluding carboxylic acids is 1. The minimum Gasteiger partial charge on any atom is -0.478 e. The lowest BCUT2D eigenvalue weighted by molar-refractivity contribution is 0.0698. The van der Waals surface area contributed by atoms with E-state index < -0.39 is 17.7 Å². The van der Waals surface area contributed by atoms with Crippen LogP contribution in [0.4, 0.5) is 10.5 Å². The number of aromatic nitrogens is 2. The van der Waals surface area contributed by atoms with E-state index in [1.807, 2.05) is 0 Å². The lowest BCUT2D eigenvalue weighted by Crippen LogP contribution is -2.29. The van der Waals surface area contributed by atoms with Crippen LogP contribution in [0.25, 0.3) is 11.0 Å². The van der Waals surface area contributed by atoms with Gasteiger partial charge in [-0.25, -0.2) is 19.0 Å². The van der Waals surface area contributed by atoms with Crippen molar-refractivity contribution in [3.05, 3.63) is 64.6 Å². The van der Waals surface area contributed by atoms with Crippen LogP contribution < -0.4 is 11.0 Å². The molecular weight excluding hydrogens is 286 g/mol. The Kier molecular flexibility index (Phi) is 3.23. The van der Waals surface area contributed by atoms with Crippen molar-refractivity contribution in [1.82, 2.24) is 9.55 Å². The molecule has 0 aliphatic rings. The molecule has 0 fully saturated rings. The van der Waals surface area contributed by atoms with Crippen LogP contribution in [0.5, 0.6) is 0 Å². The van der Waals surface area contributed by atoms with Gasteiger partial charge in [-0.2, -0.15) is 0 Å². The quantitative estimate of drug-likeness (QED) is 0.673. The first kappa shape index (κ1) is 13.6. The molecule has 0 atom stereocenters. The van der Waals surface area contributed by atoms with Crippen LogP contribution in [0.1, 0.15) is 10.4 Å². The van der Waals surface area contributed by atoms with Crippen molar-refractivity contribution >= 4 is 28.7 Å². The van der Waals surface area contributed by atoms with E-state index in [2.05, 4.69) is 10.3 Å². The molecule has 3 aromatic rings. The summed E-state index contributed by atoms with van der Waals surface area (Å²) in [5.41, 5.74) is 0.416. The maximum atomic E-state index is 12.3. The van der Waals surface area contributed by atoms with Crippen molar-refractivity contribution < 1.29 is 14.7 Å². The van der Waals surface area contributed by atoms with Crippen LogP contribution in [0.15, 0.2) is 53.3 Å². The highest BCUT2D eigenvalue weighted by Gasteiger charge is 2.16. The molecule has 0 aliphatic carbocycles. The second-order valence-corrected chi connectivity index (χ2v) is 4.56. The number of nitrogens with one attached hydrogen (secondary N) is 2. The Labute approximate surface area is 123 Å². The number of hydrogen-bond acceptors (Lipinski definition) is 3. The maximum absolute atomic E-state index is 12.3. The average molecular weight is 297 g/mol. The first-order valence-corrected chi connectivity index (χ1v) is 6.41. The molecule has 1 amide bonds. The van der Waals surface area contributed by atoms with E-state index in [1.165, 1.54) is 12.1 Å². The number of imidazole rings is 1. The number of aromatic carboxylic acids is 1. The Morgan fingerprint density at radius 1 is 1.05 bits per heavy atom. The number of amides is 1. The molecule has 0 unspecified atom stereocenters. The number of nitrogens with zero attached hydrogens (tertiary/aromatic N) is 1. The minimum absolute atomic E-state index is 0.0521.